The molecule has 6 nitrogen and oxygen atoms in total. The second kappa shape index (κ2) is 5.34. The number of amides is 1. The van der Waals surface area contributed by atoms with Gasteiger partial charge in [0.15, 0.2) is 0 Å². The molecule has 0 bridgehead atoms. The van der Waals surface area contributed by atoms with Crippen molar-refractivity contribution in [1.29, 1.82) is 0 Å². The minimum absolute atomic E-state index is 0.204. The number of esters is 1. The van der Waals surface area contributed by atoms with Gasteiger partial charge in [-0.05, 0) is 0 Å². The highest BCUT2D eigenvalue weighted by Gasteiger charge is 2.30. The van der Waals surface area contributed by atoms with Gasteiger partial charge in [-0.1, -0.05) is 0 Å². The fourth-order valence-corrected chi connectivity index (χ4v) is 2.19. The van der Waals surface area contributed by atoms with Gasteiger partial charge in [-0.25, -0.2) is 4.79 Å². The Morgan fingerprint density at radius 1 is 1.42 bits per heavy atom. The van der Waals surface area contributed by atoms with Crippen molar-refractivity contribution in [2.24, 2.45) is 5.73 Å². The van der Waals surface area contributed by atoms with Crippen molar-refractivity contribution in [2.75, 3.05) is 24.7 Å². The smallest absolute Gasteiger partial charge is 0.405 e. The molecule has 1 aromatic heterocycles. The molecule has 0 aliphatic rings. The summed E-state index contributed by atoms with van der Waals surface area (Å²) in [6.45, 7) is -1.38. The Hall–Kier alpha value is -1.97. The van der Waals surface area contributed by atoms with Crippen LogP contribution in [0.2, 0.25) is 0 Å². The van der Waals surface area contributed by atoms with Gasteiger partial charge in [0.1, 0.15) is 22.0 Å². The Labute approximate surface area is 109 Å². The topological polar surface area (TPSA) is 107 Å². The Morgan fingerprint density at radius 2 is 2.00 bits per heavy atom. The molecule has 5 N–H and O–H groups in total. The standard InChI is InChI=1S/C9H10F3N3O3S/c1-18-8(17)3-4(13)5(6(14)16)19-7(3)15-2-9(10,11)12/h15H,2,13H2,1H3,(H2,14,16). The van der Waals surface area contributed by atoms with Gasteiger partial charge in [-0.2, -0.15) is 13.2 Å². The third kappa shape index (κ3) is 3.50. The molecule has 0 aromatic carbocycles. The maximum absolute atomic E-state index is 12.1. The minimum Gasteiger partial charge on any atom is -0.465 e. The number of halogens is 3. The summed E-state index contributed by atoms with van der Waals surface area (Å²) in [6, 6.07) is 0. The van der Waals surface area contributed by atoms with Crippen molar-refractivity contribution < 1.29 is 27.5 Å². The molecule has 0 fully saturated rings. The van der Waals surface area contributed by atoms with Gasteiger partial charge in [0.25, 0.3) is 5.91 Å². The Balaban J connectivity index is 3.18. The molecule has 0 unspecified atom stereocenters. The Bertz CT molecular complexity index is 513. The number of hydrogen-bond acceptors (Lipinski definition) is 6. The predicted octanol–water partition coefficient (Wildman–Crippen LogP) is 1.19. The first-order valence-electron chi connectivity index (χ1n) is 4.78. The van der Waals surface area contributed by atoms with Crippen molar-refractivity contribution in [2.45, 2.75) is 6.18 Å². The van der Waals surface area contributed by atoms with Crippen LogP contribution < -0.4 is 16.8 Å². The lowest BCUT2D eigenvalue weighted by Crippen LogP contribution is -2.22. The summed E-state index contributed by atoms with van der Waals surface area (Å²) in [5, 5.41) is 1.78. The summed E-state index contributed by atoms with van der Waals surface area (Å²) in [7, 11) is 1.04. The largest absolute Gasteiger partial charge is 0.465 e. The monoisotopic (exact) mass is 297 g/mol. The highest BCUT2D eigenvalue weighted by molar-refractivity contribution is 7.19. The number of hydrogen-bond donors (Lipinski definition) is 3. The van der Waals surface area contributed by atoms with Crippen molar-refractivity contribution in [3.63, 3.8) is 0 Å². The summed E-state index contributed by atoms with van der Waals surface area (Å²) < 4.78 is 40.8. The summed E-state index contributed by atoms with van der Waals surface area (Å²) >= 11 is 0.567. The van der Waals surface area contributed by atoms with Crippen LogP contribution in [0.4, 0.5) is 23.9 Å². The number of ether oxygens (including phenoxy) is 1. The zero-order valence-electron chi connectivity index (χ0n) is 9.63. The van der Waals surface area contributed by atoms with E-state index in [-0.39, 0.29) is 21.1 Å². The highest BCUT2D eigenvalue weighted by atomic mass is 32.1. The van der Waals surface area contributed by atoms with E-state index in [4.69, 9.17) is 11.5 Å². The molecule has 0 saturated heterocycles. The second-order valence-corrected chi connectivity index (χ2v) is 4.39. The number of nitrogens with two attached hydrogens (primary N) is 2. The van der Waals surface area contributed by atoms with Crippen LogP contribution in [0.5, 0.6) is 0 Å². The van der Waals surface area contributed by atoms with E-state index >= 15 is 0 Å². The SMILES string of the molecule is COC(=O)c1c(NCC(F)(F)F)sc(C(N)=O)c1N. The highest BCUT2D eigenvalue weighted by Crippen LogP contribution is 2.36. The molecule has 106 valence electrons. The van der Waals surface area contributed by atoms with Crippen LogP contribution in [0.3, 0.4) is 0 Å². The zero-order chi connectivity index (χ0) is 14.8. The minimum atomic E-state index is -4.49. The number of carbonyl (C=O) groups excluding carboxylic acids is 2. The van der Waals surface area contributed by atoms with E-state index in [2.05, 4.69) is 4.74 Å². The predicted molar refractivity (Wildman–Crippen MR) is 63.1 cm³/mol. The molecule has 1 amide bonds. The fourth-order valence-electron chi connectivity index (χ4n) is 1.24. The number of nitrogen functional groups attached to an aromatic ring is 1. The van der Waals surface area contributed by atoms with Crippen LogP contribution in [0, 0.1) is 0 Å². The molecular formula is C9H10F3N3O3S. The third-order valence-electron chi connectivity index (χ3n) is 2.01. The average molecular weight is 297 g/mol. The van der Waals surface area contributed by atoms with Gasteiger partial charge < -0.3 is 21.5 Å². The fraction of sp³-hybridized carbons (Fsp3) is 0.333. The summed E-state index contributed by atoms with van der Waals surface area (Å²) in [4.78, 5) is 22.3. The average Bonchev–Trinajstić information content (AvgIpc) is 2.62. The lowest BCUT2D eigenvalue weighted by Gasteiger charge is -2.09. The van der Waals surface area contributed by atoms with Crippen LogP contribution in [0.25, 0.3) is 0 Å². The van der Waals surface area contributed by atoms with Crippen LogP contribution >= 0.6 is 11.3 Å². The quantitative estimate of drug-likeness (QED) is 0.724. The summed E-state index contributed by atoms with van der Waals surface area (Å²) in [5.74, 6) is -1.89. The first-order valence-corrected chi connectivity index (χ1v) is 5.60. The van der Waals surface area contributed by atoms with Crippen LogP contribution in [-0.4, -0.2) is 31.7 Å². The molecule has 0 aliphatic heterocycles. The number of anilines is 2. The summed E-state index contributed by atoms with van der Waals surface area (Å²) in [5.41, 5.74) is 9.89. The zero-order valence-corrected chi connectivity index (χ0v) is 10.4. The van der Waals surface area contributed by atoms with Crippen molar-refractivity contribution in [3.8, 4) is 0 Å². The molecule has 0 aliphatic carbocycles. The lowest BCUT2D eigenvalue weighted by atomic mass is 10.2. The van der Waals surface area contributed by atoms with E-state index in [1.807, 2.05) is 5.32 Å². The molecule has 19 heavy (non-hydrogen) atoms. The van der Waals surface area contributed by atoms with Crippen LogP contribution in [0.1, 0.15) is 20.0 Å². The van der Waals surface area contributed by atoms with E-state index in [1.165, 1.54) is 0 Å². The number of nitrogens with one attached hydrogen (secondary N) is 1. The molecule has 10 heteroatoms. The molecule has 1 rings (SSSR count). The van der Waals surface area contributed by atoms with Gasteiger partial charge in [0.05, 0.1) is 12.8 Å². The van der Waals surface area contributed by atoms with E-state index in [1.54, 1.807) is 0 Å². The van der Waals surface area contributed by atoms with E-state index in [0.717, 1.165) is 7.11 Å². The number of carbonyl (C=O) groups is 2. The molecule has 0 saturated carbocycles. The van der Waals surface area contributed by atoms with E-state index in [0.29, 0.717) is 11.3 Å². The number of thiophene rings is 1. The lowest BCUT2D eigenvalue weighted by molar-refractivity contribution is -0.115. The number of rotatable bonds is 4. The van der Waals surface area contributed by atoms with E-state index < -0.39 is 24.6 Å². The second-order valence-electron chi connectivity index (χ2n) is 3.37. The number of alkyl halides is 3. The van der Waals surface area contributed by atoms with Gasteiger partial charge in [-0.3, -0.25) is 4.79 Å². The van der Waals surface area contributed by atoms with Crippen molar-refractivity contribution >= 4 is 33.9 Å². The maximum Gasteiger partial charge on any atom is 0.405 e. The van der Waals surface area contributed by atoms with Gasteiger partial charge in [0.2, 0.25) is 0 Å². The van der Waals surface area contributed by atoms with Crippen LogP contribution in [0.15, 0.2) is 0 Å². The van der Waals surface area contributed by atoms with Crippen molar-refractivity contribution in [1.82, 2.24) is 0 Å². The molecule has 0 atom stereocenters. The molecule has 0 spiro atoms. The normalized spacial score (nSPS) is 11.2. The summed E-state index contributed by atoms with van der Waals surface area (Å²) in [6.07, 6.45) is -4.49. The molecule has 1 aromatic rings. The molecule has 0 radical (unpaired) electrons. The van der Waals surface area contributed by atoms with Gasteiger partial charge in [-0.15, -0.1) is 11.3 Å². The first-order chi connectivity index (χ1) is 8.67. The van der Waals surface area contributed by atoms with Crippen LogP contribution in [-0.2, 0) is 4.74 Å². The molecule has 1 heterocycles. The number of methoxy groups -OCH3 is 1. The van der Waals surface area contributed by atoms with Gasteiger partial charge >= 0.3 is 12.1 Å². The van der Waals surface area contributed by atoms with Gasteiger partial charge in [0, 0.05) is 0 Å². The number of primary amides is 1. The van der Waals surface area contributed by atoms with Crippen molar-refractivity contribution in [3.05, 3.63) is 10.4 Å². The Morgan fingerprint density at radius 3 is 2.42 bits per heavy atom. The first kappa shape index (κ1) is 15.1. The molecular weight excluding hydrogens is 287 g/mol. The third-order valence-corrected chi connectivity index (χ3v) is 3.19. The maximum atomic E-state index is 12.1. The van der Waals surface area contributed by atoms with E-state index in [9.17, 15) is 22.8 Å². The Kier molecular flexibility index (Phi) is 4.24.